The van der Waals surface area contributed by atoms with Crippen molar-refractivity contribution in [2.24, 2.45) is 11.8 Å². The molecule has 5 aromatic heterocycles. The van der Waals surface area contributed by atoms with E-state index in [1.807, 2.05) is 110 Å². The third kappa shape index (κ3) is 28.4. The standard InChI is InChI=1S/C21H24ClFN4O2.C20H22ClFN4O3.C17H26N4O4.C13H20N4O.C12H18IN3O2.C7H3ClFNO.C6H10O2.CH4/c1-13-5-6-25(20(28)7-13)18-10-24-27-11-14(2)26(12-19(18)27)21(29)9-15-3-4-17(23)16(22)8-15;1-12-10-26-18(17(9-23-26)24-5-4-14(27)8-20(24)29)11-25(12)19(28)7-13-2-3-16(22)15(21)6-13;1-11-9-21-14(10-20(11)16(24)25-17(2,3)4)13(8-18-21)19-6-5-12(22)7-15(19)23;1-9-3-4-16(13(18)5-9)11-7-15-17-8-10(2)14-6-12(11)17;1-8-6-16-10(9(13)5-14-16)7-15(8)11(17)18-12(2,3)4;8-6-3-5(11-4-10)1-2-7(6)9;7-5-2-1-3-6(8)4-5;/h3-4,8,10,13-14H,5-7,9,11-12H2,1-2H3;2-3,6,9,12,14,27H,4-5,7-8,10-11H2,1H3;8,11-12,22H,5-7,9-10H2,1-4H3;7,9-10,14H,3-6,8H2,1-2H3;5,8H,6-7H2,1-4H3;1-3H;5,7H,1-4H2;1H4/t13?,14-;12-,14?;11-,12?;9?,10-;8-;;;/m00000.../s1. The largest absolute Gasteiger partial charge is 0.444 e. The maximum absolute atomic E-state index is 13.4. The molecule has 1 saturated carbocycles. The minimum Gasteiger partial charge on any atom is -0.444 e. The van der Waals surface area contributed by atoms with Crippen LogP contribution in [0, 0.1) is 44.4 Å². The monoisotopic (exact) mass is 2100 g/mol. The number of rotatable bonds is 9. The van der Waals surface area contributed by atoms with Gasteiger partial charge in [0.15, 0.2) is 0 Å². The van der Waals surface area contributed by atoms with Crippen LogP contribution < -0.4 is 29.7 Å². The van der Waals surface area contributed by atoms with E-state index in [0.29, 0.717) is 139 Å². The van der Waals surface area contributed by atoms with Gasteiger partial charge in [0.05, 0.1) is 216 Å². The highest BCUT2D eigenvalue weighted by Crippen LogP contribution is 2.38. The number of carbonyl (C=O) groups is 9. The van der Waals surface area contributed by atoms with Crippen molar-refractivity contribution in [1.82, 2.24) is 73.8 Å². The van der Waals surface area contributed by atoms with Crippen LogP contribution in [0.25, 0.3) is 0 Å². The van der Waals surface area contributed by atoms with E-state index in [1.54, 1.807) is 65.0 Å². The fourth-order valence-corrected chi connectivity index (χ4v) is 18.8. The number of fused-ring (bicyclic) bond motifs is 5. The van der Waals surface area contributed by atoms with Gasteiger partial charge in [-0.05, 0) is 197 Å². The predicted molar refractivity (Wildman–Crippen MR) is 523 cm³/mol. The number of benzene rings is 3. The summed E-state index contributed by atoms with van der Waals surface area (Å²) < 4.78 is 65.2. The van der Waals surface area contributed by atoms with Crippen molar-refractivity contribution in [1.29, 1.82) is 5.26 Å². The number of aromatic nitrogens is 10. The summed E-state index contributed by atoms with van der Waals surface area (Å²) in [6.45, 7) is 33.5. The Balaban J connectivity index is 0.000000160. The zero-order valence-corrected chi connectivity index (χ0v) is 84.5. The number of anilines is 4. The highest BCUT2D eigenvalue weighted by molar-refractivity contribution is 14.1. The van der Waals surface area contributed by atoms with Crippen molar-refractivity contribution in [3.8, 4) is 12.0 Å². The number of nitrogens with zero attached hydrogens (tertiary/aromatic N) is 19. The lowest BCUT2D eigenvalue weighted by molar-refractivity contribution is -0.135. The molecule has 0 spiro atoms. The van der Waals surface area contributed by atoms with E-state index in [0.717, 1.165) is 107 Å². The second-order valence-corrected chi connectivity index (χ2v) is 41.2. The Hall–Kier alpha value is -10.7. The third-order valence-electron chi connectivity index (χ3n) is 25.2. The number of halogens is 7. The average molecular weight is 2100 g/mol. The van der Waals surface area contributed by atoms with Crippen molar-refractivity contribution in [3.05, 3.63) is 161 Å². The Morgan fingerprint density at radius 3 is 1.18 bits per heavy atom. The number of piperidine rings is 4. The third-order valence-corrected chi connectivity index (χ3v) is 27.0. The Morgan fingerprint density at radius 2 is 0.813 bits per heavy atom. The van der Waals surface area contributed by atoms with Crippen molar-refractivity contribution < 1.29 is 85.9 Å². The first-order valence-corrected chi connectivity index (χ1v) is 48.8. The zero-order chi connectivity index (χ0) is 100. The van der Waals surface area contributed by atoms with Crippen LogP contribution in [-0.2, 0) is 121 Å². The summed E-state index contributed by atoms with van der Waals surface area (Å²) in [6.07, 6.45) is 15.6. The molecule has 4 N–H and O–H groups in total. The lowest BCUT2D eigenvalue weighted by Crippen LogP contribution is -2.48. The molecule has 42 heteroatoms. The van der Waals surface area contributed by atoms with Crippen LogP contribution in [0.4, 0.5) is 45.5 Å². The maximum atomic E-state index is 13.4. The van der Waals surface area contributed by atoms with Gasteiger partial charge >= 0.3 is 12.2 Å². The smallest absolute Gasteiger partial charge is 0.410 e. The molecule has 8 amide bonds. The van der Waals surface area contributed by atoms with Crippen LogP contribution in [0.15, 0.2) is 85.6 Å². The van der Waals surface area contributed by atoms with Crippen molar-refractivity contribution >= 4 is 134 Å². The molecule has 0 bridgehead atoms. The summed E-state index contributed by atoms with van der Waals surface area (Å²) in [4.78, 5) is 124. The molecule has 9 aliphatic heterocycles. The number of ketones is 1. The average Bonchev–Trinajstić information content (AvgIpc) is 1.17. The molecule has 10 aliphatic rings. The lowest BCUT2D eigenvalue weighted by Gasteiger charge is -2.36. The van der Waals surface area contributed by atoms with Crippen molar-refractivity contribution in [3.63, 3.8) is 0 Å². The van der Waals surface area contributed by atoms with Crippen molar-refractivity contribution in [2.45, 2.75) is 312 Å². The van der Waals surface area contributed by atoms with Crippen LogP contribution in [-0.4, -0.2) is 223 Å². The van der Waals surface area contributed by atoms with Crippen LogP contribution >= 0.6 is 57.4 Å². The Labute approximate surface area is 836 Å². The van der Waals surface area contributed by atoms with E-state index >= 15 is 0 Å². The molecule has 18 rings (SSSR count). The molecule has 10 atom stereocenters. The molecule has 0 radical (unpaired) electrons. The van der Waals surface area contributed by atoms with Gasteiger partial charge in [0.25, 0.3) is 6.26 Å². The fourth-order valence-electron chi connectivity index (χ4n) is 17.6. The Morgan fingerprint density at radius 1 is 0.468 bits per heavy atom. The van der Waals surface area contributed by atoms with Crippen LogP contribution in [0.1, 0.15) is 214 Å². The number of nitrogens with one attached hydrogen (secondary N) is 1. The number of carbonyl (C=O) groups excluding carboxylic acids is 9. The highest BCUT2D eigenvalue weighted by Gasteiger charge is 2.41. The lowest BCUT2D eigenvalue weighted by atomic mass is 9.97. The second-order valence-electron chi connectivity index (χ2n) is 38.8. The summed E-state index contributed by atoms with van der Waals surface area (Å²) in [5, 5.41) is 61.6. The molecule has 35 nitrogen and oxygen atoms in total. The van der Waals surface area contributed by atoms with E-state index in [1.165, 1.54) is 42.7 Å². The van der Waals surface area contributed by atoms with Gasteiger partial charge in [-0.25, -0.2) is 22.8 Å². The van der Waals surface area contributed by atoms with E-state index in [9.17, 15) is 66.5 Å². The summed E-state index contributed by atoms with van der Waals surface area (Å²) in [7, 11) is 0. The van der Waals surface area contributed by atoms with Gasteiger partial charge < -0.3 is 64.2 Å². The van der Waals surface area contributed by atoms with E-state index in [-0.39, 0.29) is 138 Å². The van der Waals surface area contributed by atoms with Gasteiger partial charge in [-0.15, -0.1) is 5.26 Å². The molecule has 754 valence electrons. The zero-order valence-electron chi connectivity index (χ0n) is 80.0. The van der Waals surface area contributed by atoms with E-state index < -0.39 is 40.9 Å². The molecule has 8 aromatic rings. The number of Topliss-reactive ketones (excluding diaryl/α,β-unsaturated/α-hetero) is 1. The van der Waals surface area contributed by atoms with Gasteiger partial charge in [0, 0.05) is 82.6 Å². The summed E-state index contributed by atoms with van der Waals surface area (Å²) in [6, 6.07) is 12.7. The van der Waals surface area contributed by atoms with Crippen LogP contribution in [0.5, 0.6) is 5.75 Å². The Kier molecular flexibility index (Phi) is 37.3. The van der Waals surface area contributed by atoms with Gasteiger partial charge in [-0.3, -0.25) is 66.8 Å². The summed E-state index contributed by atoms with van der Waals surface area (Å²) in [5.74, 6) is -0.253. The first kappa shape index (κ1) is 109. The number of ether oxygens (including phenoxy) is 3. The van der Waals surface area contributed by atoms with Crippen LogP contribution in [0.2, 0.25) is 15.1 Å². The molecular formula is C97H127Cl3F3IN20O15. The van der Waals surface area contributed by atoms with E-state index in [4.69, 9.17) is 54.6 Å². The van der Waals surface area contributed by atoms with Gasteiger partial charge in [0.1, 0.15) is 40.2 Å². The molecule has 139 heavy (non-hydrogen) atoms. The van der Waals surface area contributed by atoms with Gasteiger partial charge in [0.2, 0.25) is 35.4 Å². The second kappa shape index (κ2) is 47.7. The molecule has 4 saturated heterocycles. The highest BCUT2D eigenvalue weighted by atomic mass is 127. The quantitative estimate of drug-likeness (QED) is 0.0770. The summed E-state index contributed by atoms with van der Waals surface area (Å²) in [5.41, 5.74) is 8.27. The van der Waals surface area contributed by atoms with Gasteiger partial charge in [-0.1, -0.05) is 68.2 Å². The maximum Gasteiger partial charge on any atom is 0.410 e. The fraction of sp³-hybridized carbons (Fsp3) is 0.557. The molecule has 1 aliphatic carbocycles. The normalized spacial score (nSPS) is 22.2. The first-order chi connectivity index (χ1) is 65.3. The predicted octanol–water partition coefficient (Wildman–Crippen LogP) is 14.3. The number of hydrogen-bond donors (Lipinski definition) is 4. The molecule has 5 fully saturated rings. The number of hydrogen-bond acceptors (Lipinski definition) is 22. The topological polar surface area (TPSA) is 393 Å². The van der Waals surface area contributed by atoms with E-state index in [2.05, 4.69) is 78.9 Å². The van der Waals surface area contributed by atoms with Crippen LogP contribution in [0.3, 0.4) is 0 Å². The SMILES string of the molecule is C.CC1CCN(c2cnn3c2CN(C(=O)Cc2ccc(F)c(Cl)c2)[C@@H](C)C3)C(=O)C1.CC1CCN(c2cnn3c2CN[C@@H](C)C3)C(=O)C1.C[C@H]1Cn2ncc(I)c2CN1C(=O)OC(C)(C)C.C[C@H]1Cn2ncc(N3CCC(O)CC3=O)c2CN1C(=O)Cc1ccc(F)c(Cl)c1.C[C@H]1Cn2ncc(N3CCC(O)CC3=O)c2CN1C(=O)OC(C)(C)C.N#COc1ccc(F)c(Cl)c1.O=C1CCCC(O)C1. The number of nitriles is 1. The number of aliphatic hydroxyl groups excluding tert-OH is 3. The number of amides is 8. The summed E-state index contributed by atoms with van der Waals surface area (Å²) >= 11 is 19.3. The molecule has 5 unspecified atom stereocenters. The molecule has 3 aromatic carbocycles. The molecule has 14 heterocycles. The van der Waals surface area contributed by atoms with Gasteiger partial charge in [-0.2, -0.15) is 25.5 Å². The minimum absolute atomic E-state index is 0. The Bertz CT molecular complexity index is 5620. The van der Waals surface area contributed by atoms with Crippen molar-refractivity contribution in [2.75, 3.05) is 45.8 Å². The molecular weight excluding hydrogens is 1980 g/mol. The number of aliphatic hydroxyl groups is 3. The minimum atomic E-state index is -0.606. The first-order valence-electron chi connectivity index (χ1n) is 46.6.